The Labute approximate surface area is 147 Å². The summed E-state index contributed by atoms with van der Waals surface area (Å²) >= 11 is 1.37. The first-order valence-electron chi connectivity index (χ1n) is 7.82. The second-order valence-corrected chi connectivity index (χ2v) is 6.99. The molecule has 0 aromatic carbocycles. The van der Waals surface area contributed by atoms with E-state index < -0.39 is 22.8 Å². The van der Waals surface area contributed by atoms with Crippen LogP contribution in [-0.4, -0.2) is 26.5 Å². The Morgan fingerprint density at radius 3 is 2.80 bits per heavy atom. The number of carbonyl (C=O) groups is 2. The normalized spacial score (nSPS) is 14.6. The molecule has 0 fully saturated rings. The monoisotopic (exact) mass is 363 g/mol. The minimum absolute atomic E-state index is 0.191. The first-order chi connectivity index (χ1) is 11.9. The molecular weight excluding hydrogens is 346 g/mol. The molecule has 3 rings (SSSR count). The van der Waals surface area contributed by atoms with E-state index in [-0.39, 0.29) is 5.69 Å². The fourth-order valence-corrected chi connectivity index (χ4v) is 4.18. The van der Waals surface area contributed by atoms with Crippen LogP contribution >= 0.6 is 11.3 Å². The summed E-state index contributed by atoms with van der Waals surface area (Å²) in [5, 5.41) is 17.8. The fraction of sp³-hybridized carbons (Fsp3) is 0.400. The number of aryl methyl sites for hydroxylation is 1. The molecule has 2 amide bonds. The summed E-state index contributed by atoms with van der Waals surface area (Å²) < 4.78 is 1.21. The smallest absolute Gasteiger partial charge is 0.307 e. The zero-order valence-electron chi connectivity index (χ0n) is 13.5. The van der Waals surface area contributed by atoms with Gasteiger partial charge in [-0.3, -0.25) is 24.4 Å². The summed E-state index contributed by atoms with van der Waals surface area (Å²) in [7, 11) is 0. The van der Waals surface area contributed by atoms with Gasteiger partial charge in [-0.25, -0.2) is 0 Å². The maximum absolute atomic E-state index is 12.5. The van der Waals surface area contributed by atoms with E-state index >= 15 is 0 Å². The number of nitrogens with two attached hydrogens (primary N) is 1. The number of thiophene rings is 1. The minimum Gasteiger partial charge on any atom is -0.365 e. The number of rotatable bonds is 5. The van der Waals surface area contributed by atoms with E-state index in [2.05, 4.69) is 10.4 Å². The fourth-order valence-electron chi connectivity index (χ4n) is 2.89. The molecule has 0 spiro atoms. The summed E-state index contributed by atoms with van der Waals surface area (Å²) in [4.78, 5) is 35.6. The molecule has 1 unspecified atom stereocenters. The van der Waals surface area contributed by atoms with Crippen molar-refractivity contribution in [2.24, 2.45) is 5.73 Å². The highest BCUT2D eigenvalue weighted by molar-refractivity contribution is 7.17. The molecule has 0 saturated heterocycles. The average molecular weight is 363 g/mol. The number of amides is 2. The summed E-state index contributed by atoms with van der Waals surface area (Å²) in [5.74, 6) is -0.976. The van der Waals surface area contributed by atoms with Gasteiger partial charge in [0.15, 0.2) is 0 Å². The number of anilines is 1. The first kappa shape index (κ1) is 17.1. The molecule has 1 atom stereocenters. The quantitative estimate of drug-likeness (QED) is 0.619. The molecule has 0 aliphatic heterocycles. The van der Waals surface area contributed by atoms with E-state index in [4.69, 9.17) is 5.73 Å². The maximum Gasteiger partial charge on any atom is 0.307 e. The molecule has 0 bridgehead atoms. The number of carbonyl (C=O) groups excluding carboxylic acids is 2. The molecule has 0 radical (unpaired) electrons. The second kappa shape index (κ2) is 6.63. The highest BCUT2D eigenvalue weighted by Gasteiger charge is 2.27. The Kier molecular flexibility index (Phi) is 4.53. The van der Waals surface area contributed by atoms with Gasteiger partial charge in [0.05, 0.1) is 10.5 Å². The SMILES string of the molecule is CC(C(=O)Nc1sc2c(c1C(N)=O)CCCC2)n1cc([N+](=O)[O-])cn1. The van der Waals surface area contributed by atoms with Crippen molar-refractivity contribution in [3.8, 4) is 0 Å². The maximum atomic E-state index is 12.5. The number of nitro groups is 1. The van der Waals surface area contributed by atoms with Crippen LogP contribution in [0.4, 0.5) is 10.7 Å². The third-order valence-electron chi connectivity index (χ3n) is 4.23. The van der Waals surface area contributed by atoms with Crippen molar-refractivity contribution in [2.45, 2.75) is 38.6 Å². The van der Waals surface area contributed by atoms with Crippen LogP contribution in [-0.2, 0) is 17.6 Å². The number of hydrogen-bond acceptors (Lipinski definition) is 6. The molecule has 25 heavy (non-hydrogen) atoms. The van der Waals surface area contributed by atoms with E-state index in [1.54, 1.807) is 6.92 Å². The number of fused-ring (bicyclic) bond motifs is 1. The average Bonchev–Trinajstić information content (AvgIpc) is 3.18. The predicted octanol–water partition coefficient (Wildman–Crippen LogP) is 2.03. The van der Waals surface area contributed by atoms with Crippen molar-refractivity contribution >= 4 is 33.8 Å². The van der Waals surface area contributed by atoms with Crippen LogP contribution in [0.2, 0.25) is 0 Å². The molecule has 0 saturated carbocycles. The lowest BCUT2D eigenvalue weighted by atomic mass is 9.95. The van der Waals surface area contributed by atoms with Gasteiger partial charge >= 0.3 is 5.69 Å². The van der Waals surface area contributed by atoms with Gasteiger partial charge in [-0.2, -0.15) is 5.10 Å². The molecule has 2 aromatic rings. The number of hydrogen-bond donors (Lipinski definition) is 2. The number of primary amides is 1. The molecule has 3 N–H and O–H groups in total. The first-order valence-corrected chi connectivity index (χ1v) is 8.64. The van der Waals surface area contributed by atoms with Gasteiger partial charge in [0, 0.05) is 4.88 Å². The minimum atomic E-state index is -0.770. The van der Waals surface area contributed by atoms with Gasteiger partial charge in [-0.05, 0) is 38.2 Å². The molecule has 1 aliphatic carbocycles. The van der Waals surface area contributed by atoms with Gasteiger partial charge in [0.25, 0.3) is 5.91 Å². The topological polar surface area (TPSA) is 133 Å². The van der Waals surface area contributed by atoms with E-state index in [0.717, 1.165) is 42.3 Å². The molecule has 2 aromatic heterocycles. The third kappa shape index (κ3) is 3.25. The number of aromatic nitrogens is 2. The molecule has 1 aliphatic rings. The Morgan fingerprint density at radius 1 is 1.44 bits per heavy atom. The van der Waals surface area contributed by atoms with Gasteiger partial charge in [-0.15, -0.1) is 11.3 Å². The zero-order valence-corrected chi connectivity index (χ0v) is 14.3. The molecular formula is C15H17N5O4S. The Bertz CT molecular complexity index is 856. The zero-order chi connectivity index (χ0) is 18.1. The van der Waals surface area contributed by atoms with Crippen molar-refractivity contribution in [1.82, 2.24) is 9.78 Å². The highest BCUT2D eigenvalue weighted by atomic mass is 32.1. The lowest BCUT2D eigenvalue weighted by molar-refractivity contribution is -0.385. The van der Waals surface area contributed by atoms with Crippen molar-refractivity contribution in [3.05, 3.63) is 38.5 Å². The van der Waals surface area contributed by atoms with E-state index in [9.17, 15) is 19.7 Å². The molecule has 9 nitrogen and oxygen atoms in total. The van der Waals surface area contributed by atoms with E-state index in [1.165, 1.54) is 22.2 Å². The van der Waals surface area contributed by atoms with Crippen LogP contribution in [0.3, 0.4) is 0 Å². The summed E-state index contributed by atoms with van der Waals surface area (Å²) in [5.41, 5.74) is 6.63. The van der Waals surface area contributed by atoms with Crippen molar-refractivity contribution < 1.29 is 14.5 Å². The Morgan fingerprint density at radius 2 is 2.16 bits per heavy atom. The van der Waals surface area contributed by atoms with Crippen molar-refractivity contribution in [2.75, 3.05) is 5.32 Å². The van der Waals surface area contributed by atoms with Gasteiger partial charge in [0.2, 0.25) is 5.91 Å². The van der Waals surface area contributed by atoms with Crippen LogP contribution in [0.15, 0.2) is 12.4 Å². The van der Waals surface area contributed by atoms with Gasteiger partial charge in [-0.1, -0.05) is 0 Å². The van der Waals surface area contributed by atoms with E-state index in [0.29, 0.717) is 10.6 Å². The van der Waals surface area contributed by atoms with Crippen molar-refractivity contribution in [3.63, 3.8) is 0 Å². The third-order valence-corrected chi connectivity index (χ3v) is 5.44. The lowest BCUT2D eigenvalue weighted by Crippen LogP contribution is -2.25. The number of nitrogens with zero attached hydrogens (tertiary/aromatic N) is 3. The lowest BCUT2D eigenvalue weighted by Gasteiger charge is -2.13. The molecule has 132 valence electrons. The van der Waals surface area contributed by atoms with Crippen LogP contribution in [0.25, 0.3) is 0 Å². The van der Waals surface area contributed by atoms with Gasteiger partial charge in [0.1, 0.15) is 23.4 Å². The van der Waals surface area contributed by atoms with Gasteiger partial charge < -0.3 is 11.1 Å². The van der Waals surface area contributed by atoms with Crippen LogP contribution in [0.1, 0.15) is 46.6 Å². The van der Waals surface area contributed by atoms with Crippen molar-refractivity contribution in [1.29, 1.82) is 0 Å². The second-order valence-electron chi connectivity index (χ2n) is 5.88. The molecule has 2 heterocycles. The number of nitrogens with one attached hydrogen (secondary N) is 1. The standard InChI is InChI=1S/C15H17N5O4S/c1-8(19-7-9(6-17-19)20(23)24)14(22)18-15-12(13(16)21)10-4-2-3-5-11(10)25-15/h6-8H,2-5H2,1H3,(H2,16,21)(H,18,22). The van der Waals surface area contributed by atoms with Crippen LogP contribution < -0.4 is 11.1 Å². The molecule has 10 heteroatoms. The van der Waals surface area contributed by atoms with E-state index in [1.807, 2.05) is 0 Å². The Hall–Kier alpha value is -2.75. The van der Waals surface area contributed by atoms with Crippen LogP contribution in [0, 0.1) is 10.1 Å². The summed E-state index contributed by atoms with van der Waals surface area (Å²) in [6.45, 7) is 1.57. The predicted molar refractivity (Wildman–Crippen MR) is 91.7 cm³/mol. The highest BCUT2D eigenvalue weighted by Crippen LogP contribution is 2.38. The largest absolute Gasteiger partial charge is 0.365 e. The summed E-state index contributed by atoms with van der Waals surface area (Å²) in [6.07, 6.45) is 5.97. The Balaban J connectivity index is 1.83. The van der Waals surface area contributed by atoms with Crippen LogP contribution in [0.5, 0.6) is 0 Å². The summed E-state index contributed by atoms with van der Waals surface area (Å²) in [6, 6.07) is -0.770.